The van der Waals surface area contributed by atoms with Gasteiger partial charge in [0, 0.05) is 38.7 Å². The Morgan fingerprint density at radius 3 is 3.07 bits per heavy atom. The van der Waals surface area contributed by atoms with Gasteiger partial charge in [-0.05, 0) is 18.3 Å². The van der Waals surface area contributed by atoms with Gasteiger partial charge in [-0.1, -0.05) is 6.92 Å². The number of carbonyl (C=O) groups excluding carboxylic acids is 1. The van der Waals surface area contributed by atoms with Gasteiger partial charge in [-0.3, -0.25) is 4.79 Å². The molecule has 2 atom stereocenters. The number of aromatic nitrogens is 2. The van der Waals surface area contributed by atoms with Gasteiger partial charge in [-0.25, -0.2) is 4.98 Å². The highest BCUT2D eigenvalue weighted by Gasteiger charge is 2.27. The maximum Gasteiger partial charge on any atom is 0.133 e. The number of imidazole rings is 1. The number of nitrogens with zero attached hydrogens (tertiary/aromatic N) is 2. The summed E-state index contributed by atoms with van der Waals surface area (Å²) in [4.78, 5) is 15.7. The van der Waals surface area contributed by atoms with Crippen LogP contribution in [-0.2, 0) is 18.3 Å². The highest BCUT2D eigenvalue weighted by Crippen LogP contribution is 2.29. The molecule has 82 valence electrons. The Morgan fingerprint density at radius 1 is 1.60 bits per heavy atom. The molecule has 1 aromatic rings. The molecule has 0 radical (unpaired) electrons. The molecule has 0 aliphatic heterocycles. The molecule has 1 heterocycles. The zero-order valence-corrected chi connectivity index (χ0v) is 9.44. The maximum absolute atomic E-state index is 11.4. The molecule has 0 N–H and O–H groups in total. The number of aryl methyl sites for hydroxylation is 1. The van der Waals surface area contributed by atoms with E-state index >= 15 is 0 Å². The number of hydrogen-bond acceptors (Lipinski definition) is 2. The van der Waals surface area contributed by atoms with Gasteiger partial charge in [0.2, 0.25) is 0 Å². The van der Waals surface area contributed by atoms with Gasteiger partial charge < -0.3 is 4.57 Å². The van der Waals surface area contributed by atoms with Crippen LogP contribution in [0.25, 0.3) is 0 Å². The Morgan fingerprint density at radius 2 is 2.40 bits per heavy atom. The van der Waals surface area contributed by atoms with Crippen molar-refractivity contribution in [2.45, 2.75) is 32.6 Å². The molecule has 0 saturated heterocycles. The maximum atomic E-state index is 11.4. The van der Waals surface area contributed by atoms with Crippen molar-refractivity contribution in [2.75, 3.05) is 0 Å². The molecule has 0 spiro atoms. The first kappa shape index (κ1) is 10.4. The molecule has 0 aromatic carbocycles. The average Bonchev–Trinajstić information content (AvgIpc) is 2.58. The molecule has 1 saturated carbocycles. The van der Waals surface area contributed by atoms with E-state index in [0.717, 1.165) is 31.5 Å². The predicted molar refractivity (Wildman–Crippen MR) is 58.4 cm³/mol. The lowest BCUT2D eigenvalue weighted by Gasteiger charge is -2.27. The van der Waals surface area contributed by atoms with Crippen molar-refractivity contribution in [3.05, 3.63) is 18.2 Å². The van der Waals surface area contributed by atoms with Gasteiger partial charge in [-0.15, -0.1) is 0 Å². The van der Waals surface area contributed by atoms with Crippen LogP contribution in [0.5, 0.6) is 0 Å². The SMILES string of the molecule is CC1CCC(=O)CC1Cc1nccn1C. The summed E-state index contributed by atoms with van der Waals surface area (Å²) in [6, 6.07) is 0. The summed E-state index contributed by atoms with van der Waals surface area (Å²) >= 11 is 0. The zero-order chi connectivity index (χ0) is 10.8. The highest BCUT2D eigenvalue weighted by molar-refractivity contribution is 5.79. The second kappa shape index (κ2) is 4.17. The minimum absolute atomic E-state index is 0.423. The van der Waals surface area contributed by atoms with Gasteiger partial charge in [0.25, 0.3) is 0 Å². The van der Waals surface area contributed by atoms with Crippen LogP contribution in [0.4, 0.5) is 0 Å². The highest BCUT2D eigenvalue weighted by atomic mass is 16.1. The van der Waals surface area contributed by atoms with Crippen LogP contribution in [0.2, 0.25) is 0 Å². The van der Waals surface area contributed by atoms with Gasteiger partial charge in [0.1, 0.15) is 11.6 Å². The topological polar surface area (TPSA) is 34.9 Å². The molecule has 1 fully saturated rings. The normalized spacial score (nSPS) is 26.9. The number of Topliss-reactive ketones (excluding diaryl/α,β-unsaturated/α-hetero) is 1. The summed E-state index contributed by atoms with van der Waals surface area (Å²) in [5.74, 6) is 2.67. The molecular formula is C12H18N2O. The minimum Gasteiger partial charge on any atom is -0.338 e. The fourth-order valence-corrected chi connectivity index (χ4v) is 2.32. The van der Waals surface area contributed by atoms with Gasteiger partial charge in [-0.2, -0.15) is 0 Å². The van der Waals surface area contributed by atoms with E-state index in [9.17, 15) is 4.79 Å². The van der Waals surface area contributed by atoms with Crippen LogP contribution in [0.15, 0.2) is 12.4 Å². The molecule has 15 heavy (non-hydrogen) atoms. The van der Waals surface area contributed by atoms with Crippen molar-refractivity contribution in [1.29, 1.82) is 0 Å². The molecule has 2 rings (SSSR count). The smallest absolute Gasteiger partial charge is 0.133 e. The van der Waals surface area contributed by atoms with Crippen LogP contribution in [0.1, 0.15) is 32.0 Å². The summed E-state index contributed by atoms with van der Waals surface area (Å²) in [6.45, 7) is 2.25. The quantitative estimate of drug-likeness (QED) is 0.741. The first-order chi connectivity index (χ1) is 7.16. The van der Waals surface area contributed by atoms with Gasteiger partial charge in [0.05, 0.1) is 0 Å². The summed E-state index contributed by atoms with van der Waals surface area (Å²) in [5, 5.41) is 0. The molecule has 1 aliphatic carbocycles. The third-order valence-corrected chi connectivity index (χ3v) is 3.54. The largest absolute Gasteiger partial charge is 0.338 e. The second-order valence-corrected chi connectivity index (χ2v) is 4.68. The number of rotatable bonds is 2. The zero-order valence-electron chi connectivity index (χ0n) is 9.44. The fraction of sp³-hybridized carbons (Fsp3) is 0.667. The van der Waals surface area contributed by atoms with Crippen LogP contribution < -0.4 is 0 Å². The van der Waals surface area contributed by atoms with Crippen molar-refractivity contribution in [3.8, 4) is 0 Å². The Hall–Kier alpha value is -1.12. The first-order valence-electron chi connectivity index (χ1n) is 5.64. The number of carbonyl (C=O) groups is 1. The Bertz CT molecular complexity index is 356. The van der Waals surface area contributed by atoms with Crippen molar-refractivity contribution in [3.63, 3.8) is 0 Å². The third kappa shape index (κ3) is 2.28. The molecule has 3 nitrogen and oxygen atoms in total. The van der Waals surface area contributed by atoms with E-state index in [-0.39, 0.29) is 0 Å². The van der Waals surface area contributed by atoms with Crippen molar-refractivity contribution in [2.24, 2.45) is 18.9 Å². The number of hydrogen-bond donors (Lipinski definition) is 0. The van der Waals surface area contributed by atoms with Crippen LogP contribution in [0.3, 0.4) is 0 Å². The van der Waals surface area contributed by atoms with Crippen LogP contribution in [-0.4, -0.2) is 15.3 Å². The lowest BCUT2D eigenvalue weighted by Crippen LogP contribution is -2.25. The van der Waals surface area contributed by atoms with E-state index in [1.165, 1.54) is 0 Å². The molecular weight excluding hydrogens is 188 g/mol. The van der Waals surface area contributed by atoms with Crippen LogP contribution >= 0.6 is 0 Å². The van der Waals surface area contributed by atoms with Gasteiger partial charge >= 0.3 is 0 Å². The average molecular weight is 206 g/mol. The standard InChI is InChI=1S/C12H18N2O/c1-9-3-4-11(15)7-10(9)8-12-13-5-6-14(12)2/h5-6,9-10H,3-4,7-8H2,1-2H3. The Balaban J connectivity index is 2.04. The summed E-state index contributed by atoms with van der Waals surface area (Å²) in [5.41, 5.74) is 0. The third-order valence-electron chi connectivity index (χ3n) is 3.54. The van der Waals surface area contributed by atoms with E-state index < -0.39 is 0 Å². The lowest BCUT2D eigenvalue weighted by molar-refractivity contribution is -0.122. The van der Waals surface area contributed by atoms with E-state index in [2.05, 4.69) is 11.9 Å². The van der Waals surface area contributed by atoms with Crippen molar-refractivity contribution >= 4 is 5.78 Å². The van der Waals surface area contributed by atoms with Crippen molar-refractivity contribution < 1.29 is 4.79 Å². The van der Waals surface area contributed by atoms with E-state index in [1.807, 2.05) is 24.0 Å². The summed E-state index contributed by atoms with van der Waals surface area (Å²) < 4.78 is 2.05. The second-order valence-electron chi connectivity index (χ2n) is 4.68. The molecule has 0 amide bonds. The summed E-state index contributed by atoms with van der Waals surface area (Å²) in [7, 11) is 2.01. The van der Waals surface area contributed by atoms with Crippen LogP contribution in [0, 0.1) is 11.8 Å². The molecule has 3 heteroatoms. The monoisotopic (exact) mass is 206 g/mol. The summed E-state index contributed by atoms with van der Waals surface area (Å²) in [6.07, 6.45) is 7.30. The van der Waals surface area contributed by atoms with E-state index in [1.54, 1.807) is 0 Å². The molecule has 1 aromatic heterocycles. The first-order valence-corrected chi connectivity index (χ1v) is 5.64. The Labute approximate surface area is 90.5 Å². The molecule has 2 unspecified atom stereocenters. The van der Waals surface area contributed by atoms with Gasteiger partial charge in [0.15, 0.2) is 0 Å². The lowest BCUT2D eigenvalue weighted by atomic mass is 9.78. The van der Waals surface area contributed by atoms with Crippen molar-refractivity contribution in [1.82, 2.24) is 9.55 Å². The fourth-order valence-electron chi connectivity index (χ4n) is 2.32. The van der Waals surface area contributed by atoms with E-state index in [4.69, 9.17) is 0 Å². The Kier molecular flexibility index (Phi) is 2.89. The molecule has 1 aliphatic rings. The van der Waals surface area contributed by atoms with E-state index in [0.29, 0.717) is 17.6 Å². The molecule has 0 bridgehead atoms. The number of ketones is 1. The minimum atomic E-state index is 0.423. The predicted octanol–water partition coefficient (Wildman–Crippen LogP) is 1.97.